The van der Waals surface area contributed by atoms with Crippen molar-refractivity contribution < 1.29 is 4.39 Å². The lowest BCUT2D eigenvalue weighted by molar-refractivity contribution is 0.631. The highest BCUT2D eigenvalue weighted by Crippen LogP contribution is 2.26. The van der Waals surface area contributed by atoms with Crippen LogP contribution in [0.25, 0.3) is 11.3 Å². The predicted octanol–water partition coefficient (Wildman–Crippen LogP) is 2.33. The molecule has 0 unspecified atom stereocenters. The summed E-state index contributed by atoms with van der Waals surface area (Å²) >= 11 is 5.67. The molecule has 0 spiro atoms. The highest BCUT2D eigenvalue weighted by Gasteiger charge is 2.10. The molecule has 0 aliphatic rings. The van der Waals surface area contributed by atoms with E-state index < -0.39 is 5.82 Å². The second kappa shape index (κ2) is 4.00. The van der Waals surface area contributed by atoms with Gasteiger partial charge in [-0.3, -0.25) is 5.10 Å². The molecule has 3 N–H and O–H groups in total. The van der Waals surface area contributed by atoms with Gasteiger partial charge in [-0.1, -0.05) is 17.7 Å². The molecule has 78 valence electrons. The van der Waals surface area contributed by atoms with E-state index in [9.17, 15) is 4.39 Å². The molecule has 1 heterocycles. The summed E-state index contributed by atoms with van der Waals surface area (Å²) < 4.78 is 13.6. The van der Waals surface area contributed by atoms with E-state index in [1.54, 1.807) is 18.2 Å². The molecule has 0 aliphatic heterocycles. The Hall–Kier alpha value is -1.39. The van der Waals surface area contributed by atoms with Gasteiger partial charge < -0.3 is 5.73 Å². The summed E-state index contributed by atoms with van der Waals surface area (Å²) in [6.07, 6.45) is 0. The van der Waals surface area contributed by atoms with Crippen LogP contribution >= 0.6 is 11.6 Å². The van der Waals surface area contributed by atoms with Crippen LogP contribution < -0.4 is 5.73 Å². The number of hydrogen-bond donors (Lipinski definition) is 2. The molecule has 0 bridgehead atoms. The maximum atomic E-state index is 13.6. The van der Waals surface area contributed by atoms with Gasteiger partial charge in [0.1, 0.15) is 0 Å². The van der Waals surface area contributed by atoms with Gasteiger partial charge in [0.2, 0.25) is 0 Å². The first-order valence-corrected chi connectivity index (χ1v) is 4.79. The maximum absolute atomic E-state index is 13.6. The Bertz CT molecular complexity index is 481. The quantitative estimate of drug-likeness (QED) is 0.824. The molecule has 5 heteroatoms. The summed E-state index contributed by atoms with van der Waals surface area (Å²) in [7, 11) is 0. The molecule has 1 aromatic carbocycles. The van der Waals surface area contributed by atoms with Gasteiger partial charge in [0.05, 0.1) is 10.7 Å². The molecule has 0 atom stereocenters. The van der Waals surface area contributed by atoms with Gasteiger partial charge in [0, 0.05) is 17.8 Å². The topological polar surface area (TPSA) is 54.7 Å². The smallest absolute Gasteiger partial charge is 0.151 e. The Balaban J connectivity index is 2.49. The van der Waals surface area contributed by atoms with Crippen molar-refractivity contribution in [2.24, 2.45) is 5.73 Å². The molecule has 0 fully saturated rings. The second-order valence-electron chi connectivity index (χ2n) is 3.08. The van der Waals surface area contributed by atoms with Crippen molar-refractivity contribution in [3.63, 3.8) is 0 Å². The molecule has 0 radical (unpaired) electrons. The van der Waals surface area contributed by atoms with Gasteiger partial charge in [-0.25, -0.2) is 4.39 Å². The van der Waals surface area contributed by atoms with Gasteiger partial charge in [0.15, 0.2) is 5.82 Å². The van der Waals surface area contributed by atoms with Crippen LogP contribution in [-0.2, 0) is 6.54 Å². The molecule has 3 nitrogen and oxygen atoms in total. The number of hydrogen-bond acceptors (Lipinski definition) is 2. The van der Waals surface area contributed by atoms with Crippen molar-refractivity contribution in [3.8, 4) is 11.3 Å². The monoisotopic (exact) mass is 225 g/mol. The Morgan fingerprint density at radius 1 is 1.47 bits per heavy atom. The summed E-state index contributed by atoms with van der Waals surface area (Å²) in [5.74, 6) is -0.464. The van der Waals surface area contributed by atoms with E-state index in [4.69, 9.17) is 17.3 Å². The Labute approximate surface area is 91.1 Å². The number of aromatic nitrogens is 2. The average molecular weight is 226 g/mol. The van der Waals surface area contributed by atoms with E-state index in [-0.39, 0.29) is 5.02 Å². The Morgan fingerprint density at radius 3 is 2.93 bits per heavy atom. The average Bonchev–Trinajstić information content (AvgIpc) is 2.70. The molecule has 0 saturated heterocycles. The van der Waals surface area contributed by atoms with Crippen LogP contribution in [0.15, 0.2) is 24.3 Å². The molecule has 2 rings (SSSR count). The Morgan fingerprint density at radius 2 is 2.27 bits per heavy atom. The van der Waals surface area contributed by atoms with Gasteiger partial charge in [-0.2, -0.15) is 5.10 Å². The van der Waals surface area contributed by atoms with Crippen LogP contribution in [0.2, 0.25) is 5.02 Å². The molecule has 1 aromatic heterocycles. The number of nitrogens with two attached hydrogens (primary N) is 1. The zero-order chi connectivity index (χ0) is 10.8. The molecule has 0 aliphatic carbocycles. The SMILES string of the molecule is NCc1cc(-c2cccc(Cl)c2F)n[nH]1. The lowest BCUT2D eigenvalue weighted by Gasteiger charge is -1.99. The zero-order valence-electron chi connectivity index (χ0n) is 7.80. The number of H-pyrrole nitrogens is 1. The molecular weight excluding hydrogens is 217 g/mol. The number of halogens is 2. The number of aromatic amines is 1. The third-order valence-electron chi connectivity index (χ3n) is 2.08. The Kier molecular flexibility index (Phi) is 2.70. The molecule has 15 heavy (non-hydrogen) atoms. The normalized spacial score (nSPS) is 10.6. The second-order valence-corrected chi connectivity index (χ2v) is 3.49. The largest absolute Gasteiger partial charge is 0.325 e. The van der Waals surface area contributed by atoms with Gasteiger partial charge in [-0.05, 0) is 18.2 Å². The van der Waals surface area contributed by atoms with Crippen LogP contribution in [0, 0.1) is 5.82 Å². The minimum absolute atomic E-state index is 0.0878. The van der Waals surface area contributed by atoms with Crippen molar-refractivity contribution in [2.45, 2.75) is 6.54 Å². The number of benzene rings is 1. The van der Waals surface area contributed by atoms with Crippen LogP contribution in [-0.4, -0.2) is 10.2 Å². The van der Waals surface area contributed by atoms with E-state index in [1.807, 2.05) is 0 Å². The molecule has 0 saturated carbocycles. The predicted molar refractivity (Wildman–Crippen MR) is 56.9 cm³/mol. The van der Waals surface area contributed by atoms with Crippen molar-refractivity contribution >= 4 is 11.6 Å². The summed E-state index contributed by atoms with van der Waals surface area (Å²) in [4.78, 5) is 0. The third-order valence-corrected chi connectivity index (χ3v) is 2.37. The first kappa shape index (κ1) is 10.1. The van der Waals surface area contributed by atoms with Crippen molar-refractivity contribution in [3.05, 3.63) is 40.8 Å². The first-order chi connectivity index (χ1) is 7.22. The number of nitrogens with one attached hydrogen (secondary N) is 1. The molecule has 0 amide bonds. The summed E-state index contributed by atoms with van der Waals surface area (Å²) in [5.41, 5.74) is 7.06. The highest BCUT2D eigenvalue weighted by molar-refractivity contribution is 6.31. The zero-order valence-corrected chi connectivity index (χ0v) is 8.55. The van der Waals surface area contributed by atoms with E-state index in [0.717, 1.165) is 5.69 Å². The van der Waals surface area contributed by atoms with Gasteiger partial charge >= 0.3 is 0 Å². The standard InChI is InChI=1S/C10H9ClFN3/c11-8-3-1-2-7(10(8)12)9-4-6(5-13)14-15-9/h1-4H,5,13H2,(H,14,15). The molecular formula is C10H9ClFN3. The number of rotatable bonds is 2. The lowest BCUT2D eigenvalue weighted by atomic mass is 10.1. The summed E-state index contributed by atoms with van der Waals surface area (Å²) in [6, 6.07) is 6.50. The molecule has 2 aromatic rings. The van der Waals surface area contributed by atoms with Crippen LogP contribution in [0.1, 0.15) is 5.69 Å². The van der Waals surface area contributed by atoms with Crippen LogP contribution in [0.3, 0.4) is 0 Å². The maximum Gasteiger partial charge on any atom is 0.151 e. The van der Waals surface area contributed by atoms with E-state index in [1.165, 1.54) is 6.07 Å². The van der Waals surface area contributed by atoms with E-state index >= 15 is 0 Å². The van der Waals surface area contributed by atoms with Crippen molar-refractivity contribution in [2.75, 3.05) is 0 Å². The van der Waals surface area contributed by atoms with Gasteiger partial charge in [0.25, 0.3) is 0 Å². The van der Waals surface area contributed by atoms with Crippen molar-refractivity contribution in [1.82, 2.24) is 10.2 Å². The summed E-state index contributed by atoms with van der Waals surface area (Å²) in [5, 5.41) is 6.76. The highest BCUT2D eigenvalue weighted by atomic mass is 35.5. The van der Waals surface area contributed by atoms with Crippen LogP contribution in [0.5, 0.6) is 0 Å². The van der Waals surface area contributed by atoms with Gasteiger partial charge in [-0.15, -0.1) is 0 Å². The van der Waals surface area contributed by atoms with E-state index in [2.05, 4.69) is 10.2 Å². The third kappa shape index (κ3) is 1.86. The fraction of sp³-hybridized carbons (Fsp3) is 0.100. The number of nitrogens with zero attached hydrogens (tertiary/aromatic N) is 1. The fourth-order valence-corrected chi connectivity index (χ4v) is 1.48. The summed E-state index contributed by atoms with van der Waals surface area (Å²) in [6.45, 7) is 0.342. The minimum atomic E-state index is -0.464. The fourth-order valence-electron chi connectivity index (χ4n) is 1.31. The van der Waals surface area contributed by atoms with E-state index in [0.29, 0.717) is 17.8 Å². The lowest BCUT2D eigenvalue weighted by Crippen LogP contribution is -1.95. The first-order valence-electron chi connectivity index (χ1n) is 4.41. The minimum Gasteiger partial charge on any atom is -0.325 e. The van der Waals surface area contributed by atoms with Crippen LogP contribution in [0.4, 0.5) is 4.39 Å². The van der Waals surface area contributed by atoms with Crippen molar-refractivity contribution in [1.29, 1.82) is 0 Å².